The maximum Gasteiger partial charge on any atom is 0.325 e. The summed E-state index contributed by atoms with van der Waals surface area (Å²) in [5.74, 6) is -0.923. The molecule has 0 bridgehead atoms. The minimum atomic E-state index is -1.20. The van der Waals surface area contributed by atoms with Crippen molar-refractivity contribution in [1.82, 2.24) is 19.6 Å². The number of carbonyl (C=O) groups is 3. The van der Waals surface area contributed by atoms with Crippen molar-refractivity contribution in [3.8, 4) is 11.3 Å². The van der Waals surface area contributed by atoms with Gasteiger partial charge in [-0.2, -0.15) is 0 Å². The molecular weight excluding hydrogens is 430 g/mol. The molecule has 2 aromatic heterocycles. The van der Waals surface area contributed by atoms with Crippen molar-refractivity contribution in [1.29, 1.82) is 0 Å². The van der Waals surface area contributed by atoms with Gasteiger partial charge in [-0.3, -0.25) is 14.5 Å². The molecule has 3 heterocycles. The van der Waals surface area contributed by atoms with Crippen LogP contribution in [-0.4, -0.2) is 38.7 Å². The number of hydrogen-bond acceptors (Lipinski definition) is 4. The molecule has 5 rings (SSSR count). The second kappa shape index (κ2) is 8.15. The molecule has 0 aliphatic carbocycles. The van der Waals surface area contributed by atoms with E-state index in [-0.39, 0.29) is 6.54 Å². The average Bonchev–Trinajstić information content (AvgIpc) is 3.37. The molecule has 1 aliphatic heterocycles. The van der Waals surface area contributed by atoms with Crippen LogP contribution in [0.2, 0.25) is 0 Å². The number of imidazole rings is 1. The Hall–Kier alpha value is -4.46. The van der Waals surface area contributed by atoms with Gasteiger partial charge in [0.15, 0.2) is 0 Å². The van der Waals surface area contributed by atoms with Gasteiger partial charge in [-0.25, -0.2) is 9.78 Å². The van der Waals surface area contributed by atoms with Crippen LogP contribution in [0.15, 0.2) is 79.1 Å². The zero-order chi connectivity index (χ0) is 23.9. The van der Waals surface area contributed by atoms with Crippen molar-refractivity contribution in [2.45, 2.75) is 19.4 Å². The van der Waals surface area contributed by atoms with E-state index < -0.39 is 23.4 Å². The number of carbonyl (C=O) groups excluding carboxylic acids is 3. The van der Waals surface area contributed by atoms with Crippen molar-refractivity contribution in [3.63, 3.8) is 0 Å². The second-order valence-electron chi connectivity index (χ2n) is 8.49. The van der Waals surface area contributed by atoms with E-state index in [1.165, 1.54) is 0 Å². The van der Waals surface area contributed by atoms with E-state index in [1.807, 2.05) is 54.0 Å². The quantitative estimate of drug-likeness (QED) is 0.450. The van der Waals surface area contributed by atoms with Gasteiger partial charge >= 0.3 is 6.03 Å². The van der Waals surface area contributed by atoms with Crippen LogP contribution in [0.25, 0.3) is 16.9 Å². The minimum Gasteiger partial charge on any atom is -0.325 e. The van der Waals surface area contributed by atoms with Gasteiger partial charge in [-0.1, -0.05) is 48.5 Å². The number of amides is 4. The van der Waals surface area contributed by atoms with Crippen molar-refractivity contribution >= 4 is 29.2 Å². The Labute approximate surface area is 196 Å². The van der Waals surface area contributed by atoms with Crippen LogP contribution in [0.1, 0.15) is 18.1 Å². The molecule has 1 unspecified atom stereocenters. The van der Waals surface area contributed by atoms with Gasteiger partial charge in [-0.05, 0) is 43.2 Å². The molecule has 1 saturated heterocycles. The zero-order valence-electron chi connectivity index (χ0n) is 18.8. The van der Waals surface area contributed by atoms with E-state index in [9.17, 15) is 14.4 Å². The van der Waals surface area contributed by atoms with E-state index in [1.54, 1.807) is 43.3 Å². The number of aryl methyl sites for hydroxylation is 1. The maximum absolute atomic E-state index is 13.0. The third-order valence-electron chi connectivity index (χ3n) is 6.07. The van der Waals surface area contributed by atoms with E-state index in [4.69, 9.17) is 0 Å². The van der Waals surface area contributed by atoms with Crippen LogP contribution in [0, 0.1) is 6.92 Å². The largest absolute Gasteiger partial charge is 0.325 e. The lowest BCUT2D eigenvalue weighted by Crippen LogP contribution is -2.42. The normalized spacial score (nSPS) is 17.8. The van der Waals surface area contributed by atoms with Crippen molar-refractivity contribution in [2.24, 2.45) is 0 Å². The number of nitrogens with zero attached hydrogens (tertiary/aromatic N) is 3. The average molecular weight is 454 g/mol. The first-order chi connectivity index (χ1) is 16.3. The molecule has 0 saturated carbocycles. The Morgan fingerprint density at radius 1 is 1.03 bits per heavy atom. The van der Waals surface area contributed by atoms with Crippen molar-refractivity contribution in [3.05, 3.63) is 90.3 Å². The first-order valence-electron chi connectivity index (χ1n) is 10.9. The molecule has 8 nitrogen and oxygen atoms in total. The number of anilines is 1. The lowest BCUT2D eigenvalue weighted by molar-refractivity contribution is -0.133. The Morgan fingerprint density at radius 3 is 2.47 bits per heavy atom. The van der Waals surface area contributed by atoms with E-state index in [0.717, 1.165) is 27.4 Å². The highest BCUT2D eigenvalue weighted by atomic mass is 16.2. The molecule has 0 radical (unpaired) electrons. The van der Waals surface area contributed by atoms with Gasteiger partial charge in [-0.15, -0.1) is 0 Å². The SMILES string of the molecule is Cc1cccn2cc(-c3ccc(NC(=O)CN4C(=O)NC(C)(c5ccccc5)C4=O)cc3)nc12. The Morgan fingerprint density at radius 2 is 1.76 bits per heavy atom. The highest BCUT2D eigenvalue weighted by Crippen LogP contribution is 2.28. The molecule has 1 fully saturated rings. The molecule has 8 heteroatoms. The Kier molecular flexibility index (Phi) is 5.13. The number of imide groups is 1. The van der Waals surface area contributed by atoms with E-state index >= 15 is 0 Å². The third kappa shape index (κ3) is 3.69. The first-order valence-corrected chi connectivity index (χ1v) is 10.9. The molecule has 4 amide bonds. The summed E-state index contributed by atoms with van der Waals surface area (Å²) in [5, 5.41) is 5.46. The van der Waals surface area contributed by atoms with Gasteiger partial charge in [0.2, 0.25) is 5.91 Å². The summed E-state index contributed by atoms with van der Waals surface area (Å²) in [6.07, 6.45) is 3.91. The van der Waals surface area contributed by atoms with E-state index in [2.05, 4.69) is 15.6 Å². The number of benzene rings is 2. The summed E-state index contributed by atoms with van der Waals surface area (Å²) < 4.78 is 1.97. The van der Waals surface area contributed by atoms with Crippen LogP contribution >= 0.6 is 0 Å². The molecular formula is C26H23N5O3. The van der Waals surface area contributed by atoms with Gasteiger partial charge in [0, 0.05) is 23.6 Å². The minimum absolute atomic E-state index is 0.374. The predicted molar refractivity (Wildman–Crippen MR) is 128 cm³/mol. The molecule has 2 aromatic carbocycles. The number of fused-ring (bicyclic) bond motifs is 1. The summed E-state index contributed by atoms with van der Waals surface area (Å²) in [4.78, 5) is 43.7. The number of rotatable bonds is 5. The Balaban J connectivity index is 1.27. The standard InChI is InChI=1S/C26H23N5O3/c1-17-7-6-14-30-15-21(28-23(17)30)18-10-12-20(13-11-18)27-22(32)16-31-24(33)26(2,29-25(31)34)19-8-4-3-5-9-19/h3-15H,16H2,1-2H3,(H,27,32)(H,29,34). The summed E-state index contributed by atoms with van der Waals surface area (Å²) in [5.41, 5.74) is 3.74. The summed E-state index contributed by atoms with van der Waals surface area (Å²) in [6.45, 7) is 3.28. The van der Waals surface area contributed by atoms with Gasteiger partial charge in [0.05, 0.1) is 5.69 Å². The first kappa shape index (κ1) is 21.4. The maximum atomic E-state index is 13.0. The summed E-state index contributed by atoms with van der Waals surface area (Å²) in [6, 6.07) is 19.6. The number of pyridine rings is 1. The molecule has 1 aliphatic rings. The zero-order valence-corrected chi connectivity index (χ0v) is 18.8. The molecule has 170 valence electrons. The third-order valence-corrected chi connectivity index (χ3v) is 6.07. The molecule has 1 atom stereocenters. The smallest absolute Gasteiger partial charge is 0.325 e. The fourth-order valence-corrected chi connectivity index (χ4v) is 4.17. The van der Waals surface area contributed by atoms with Gasteiger partial charge in [0.1, 0.15) is 17.7 Å². The fourth-order valence-electron chi connectivity index (χ4n) is 4.17. The summed E-state index contributed by atoms with van der Waals surface area (Å²) in [7, 11) is 0. The number of urea groups is 1. The predicted octanol–water partition coefficient (Wildman–Crippen LogP) is 3.72. The van der Waals surface area contributed by atoms with Crippen LogP contribution in [0.4, 0.5) is 10.5 Å². The van der Waals surface area contributed by atoms with Crippen LogP contribution < -0.4 is 10.6 Å². The van der Waals surface area contributed by atoms with Gasteiger partial charge in [0.25, 0.3) is 5.91 Å². The highest BCUT2D eigenvalue weighted by Gasteiger charge is 2.49. The molecule has 4 aromatic rings. The van der Waals surface area contributed by atoms with Crippen molar-refractivity contribution < 1.29 is 14.4 Å². The van der Waals surface area contributed by atoms with E-state index in [0.29, 0.717) is 11.3 Å². The molecule has 34 heavy (non-hydrogen) atoms. The fraction of sp³-hybridized carbons (Fsp3) is 0.154. The monoisotopic (exact) mass is 453 g/mol. The second-order valence-corrected chi connectivity index (χ2v) is 8.49. The van der Waals surface area contributed by atoms with Gasteiger partial charge < -0.3 is 15.0 Å². The summed E-state index contributed by atoms with van der Waals surface area (Å²) >= 11 is 0. The number of nitrogens with one attached hydrogen (secondary N) is 2. The topological polar surface area (TPSA) is 95.8 Å². The lowest BCUT2D eigenvalue weighted by Gasteiger charge is -2.22. The number of aromatic nitrogens is 2. The Bertz CT molecular complexity index is 1410. The van der Waals surface area contributed by atoms with Crippen LogP contribution in [0.5, 0.6) is 0 Å². The molecule has 2 N–H and O–H groups in total. The number of hydrogen-bond donors (Lipinski definition) is 2. The van der Waals surface area contributed by atoms with Crippen molar-refractivity contribution in [2.75, 3.05) is 11.9 Å². The van der Waals surface area contributed by atoms with Crippen LogP contribution in [-0.2, 0) is 15.1 Å². The molecule has 0 spiro atoms. The lowest BCUT2D eigenvalue weighted by atomic mass is 9.92. The highest BCUT2D eigenvalue weighted by molar-refractivity contribution is 6.10. The van der Waals surface area contributed by atoms with Crippen LogP contribution in [0.3, 0.4) is 0 Å².